The Kier molecular flexibility index (Phi) is 3.03. The van der Waals surface area contributed by atoms with Crippen molar-refractivity contribution in [2.75, 3.05) is 0 Å². The van der Waals surface area contributed by atoms with Crippen molar-refractivity contribution in [3.8, 4) is 11.1 Å². The molecule has 0 saturated heterocycles. The topological polar surface area (TPSA) is 32.9 Å². The van der Waals surface area contributed by atoms with Gasteiger partial charge in [0.2, 0.25) is 0 Å². The van der Waals surface area contributed by atoms with Gasteiger partial charge in [-0.15, -0.1) is 0 Å². The van der Waals surface area contributed by atoms with Gasteiger partial charge in [0, 0.05) is 21.8 Å². The van der Waals surface area contributed by atoms with E-state index in [1.807, 2.05) is 6.07 Å². The molecule has 0 bridgehead atoms. The fourth-order valence-electron chi connectivity index (χ4n) is 1.58. The van der Waals surface area contributed by atoms with Crippen molar-refractivity contribution < 1.29 is 0 Å². The quantitative estimate of drug-likeness (QED) is 0.827. The Morgan fingerprint density at radius 1 is 1.12 bits per heavy atom. The molecule has 2 rings (SSSR count). The number of nitrogens with one attached hydrogen (secondary N) is 1. The van der Waals surface area contributed by atoms with E-state index in [-0.39, 0.29) is 5.56 Å². The highest BCUT2D eigenvalue weighted by Gasteiger charge is 2.06. The summed E-state index contributed by atoms with van der Waals surface area (Å²) < 4.78 is 0. The molecule has 0 aliphatic carbocycles. The van der Waals surface area contributed by atoms with Crippen molar-refractivity contribution in [1.82, 2.24) is 4.98 Å². The molecule has 1 aromatic carbocycles. The highest BCUT2D eigenvalue weighted by Crippen LogP contribution is 2.27. The fraction of sp³-hybridized carbons (Fsp3) is 0.0833. The van der Waals surface area contributed by atoms with Crippen molar-refractivity contribution in [3.05, 3.63) is 56.4 Å². The normalized spacial score (nSPS) is 10.4. The Morgan fingerprint density at radius 3 is 2.38 bits per heavy atom. The van der Waals surface area contributed by atoms with Gasteiger partial charge in [0.15, 0.2) is 0 Å². The number of pyridine rings is 1. The van der Waals surface area contributed by atoms with Crippen LogP contribution in [0, 0.1) is 6.92 Å². The van der Waals surface area contributed by atoms with Crippen molar-refractivity contribution in [1.29, 1.82) is 0 Å². The van der Waals surface area contributed by atoms with E-state index in [0.29, 0.717) is 15.6 Å². The van der Waals surface area contributed by atoms with Crippen LogP contribution in [0.5, 0.6) is 0 Å². The SMILES string of the molecule is Cc1c(-c2cc(Cl)cc(Cl)c2)cc[nH]c1=O. The molecule has 16 heavy (non-hydrogen) atoms. The minimum atomic E-state index is -0.103. The van der Waals surface area contributed by atoms with Crippen LogP contribution in [0.1, 0.15) is 5.56 Å². The molecule has 2 nitrogen and oxygen atoms in total. The van der Waals surface area contributed by atoms with Crippen molar-refractivity contribution in [2.45, 2.75) is 6.92 Å². The van der Waals surface area contributed by atoms with Crippen LogP contribution < -0.4 is 5.56 Å². The molecular weight excluding hydrogens is 245 g/mol. The van der Waals surface area contributed by atoms with E-state index in [1.54, 1.807) is 31.3 Å². The van der Waals surface area contributed by atoms with Gasteiger partial charge in [-0.25, -0.2) is 0 Å². The largest absolute Gasteiger partial charge is 0.329 e. The molecule has 1 heterocycles. The van der Waals surface area contributed by atoms with Crippen LogP contribution in [0.2, 0.25) is 10.0 Å². The maximum Gasteiger partial charge on any atom is 0.251 e. The molecule has 0 aliphatic heterocycles. The molecule has 0 saturated carbocycles. The summed E-state index contributed by atoms with van der Waals surface area (Å²) in [5, 5.41) is 1.12. The highest BCUT2D eigenvalue weighted by molar-refractivity contribution is 6.35. The van der Waals surface area contributed by atoms with E-state index < -0.39 is 0 Å². The number of H-pyrrole nitrogens is 1. The summed E-state index contributed by atoms with van der Waals surface area (Å²) in [4.78, 5) is 14.1. The summed E-state index contributed by atoms with van der Waals surface area (Å²) in [5.41, 5.74) is 2.24. The summed E-state index contributed by atoms with van der Waals surface area (Å²) in [6, 6.07) is 7.07. The van der Waals surface area contributed by atoms with Gasteiger partial charge >= 0.3 is 0 Å². The summed E-state index contributed by atoms with van der Waals surface area (Å²) >= 11 is 11.8. The molecule has 1 N–H and O–H groups in total. The van der Waals surface area contributed by atoms with Crippen LogP contribution in [-0.4, -0.2) is 4.98 Å². The van der Waals surface area contributed by atoms with Crippen LogP contribution in [0.4, 0.5) is 0 Å². The summed E-state index contributed by atoms with van der Waals surface area (Å²) in [5.74, 6) is 0. The van der Waals surface area contributed by atoms with Crippen molar-refractivity contribution in [2.24, 2.45) is 0 Å². The smallest absolute Gasteiger partial charge is 0.251 e. The zero-order valence-corrected chi connectivity index (χ0v) is 10.1. The zero-order chi connectivity index (χ0) is 11.7. The predicted molar refractivity (Wildman–Crippen MR) is 67.3 cm³/mol. The minimum Gasteiger partial charge on any atom is -0.329 e. The van der Waals surface area contributed by atoms with Gasteiger partial charge in [-0.1, -0.05) is 23.2 Å². The van der Waals surface area contributed by atoms with Crippen molar-refractivity contribution >= 4 is 23.2 Å². The third-order valence-electron chi connectivity index (χ3n) is 2.38. The van der Waals surface area contributed by atoms with Crippen LogP contribution in [0.25, 0.3) is 11.1 Å². The molecule has 0 amide bonds. The van der Waals surface area contributed by atoms with Gasteiger partial charge in [0.05, 0.1) is 0 Å². The van der Waals surface area contributed by atoms with E-state index in [0.717, 1.165) is 11.1 Å². The van der Waals surface area contributed by atoms with Gasteiger partial charge in [-0.3, -0.25) is 4.79 Å². The first kappa shape index (κ1) is 11.2. The monoisotopic (exact) mass is 253 g/mol. The first-order chi connectivity index (χ1) is 7.58. The highest BCUT2D eigenvalue weighted by atomic mass is 35.5. The van der Waals surface area contributed by atoms with E-state index in [1.165, 1.54) is 0 Å². The number of hydrogen-bond acceptors (Lipinski definition) is 1. The average Bonchev–Trinajstić information content (AvgIpc) is 2.20. The van der Waals surface area contributed by atoms with Crippen LogP contribution in [0.3, 0.4) is 0 Å². The van der Waals surface area contributed by atoms with Gasteiger partial charge in [0.25, 0.3) is 5.56 Å². The molecule has 0 fully saturated rings. The molecule has 2 aromatic rings. The van der Waals surface area contributed by atoms with Gasteiger partial charge < -0.3 is 4.98 Å². The maximum absolute atomic E-state index is 11.5. The molecule has 0 spiro atoms. The fourth-order valence-corrected chi connectivity index (χ4v) is 2.10. The predicted octanol–water partition coefficient (Wildman–Crippen LogP) is 3.66. The van der Waals surface area contributed by atoms with E-state index in [9.17, 15) is 4.79 Å². The number of halogens is 2. The van der Waals surface area contributed by atoms with Crippen LogP contribution in [-0.2, 0) is 0 Å². The Bertz CT molecular complexity index is 570. The van der Waals surface area contributed by atoms with Crippen LogP contribution in [0.15, 0.2) is 35.3 Å². The standard InChI is InChI=1S/C12H9Cl2NO/c1-7-11(2-3-15-12(7)16)8-4-9(13)6-10(14)5-8/h2-6H,1H3,(H,15,16). The van der Waals surface area contributed by atoms with E-state index >= 15 is 0 Å². The lowest BCUT2D eigenvalue weighted by atomic mass is 10.0. The molecule has 1 aromatic heterocycles. The molecular formula is C12H9Cl2NO. The van der Waals surface area contributed by atoms with Gasteiger partial charge in [-0.2, -0.15) is 0 Å². The minimum absolute atomic E-state index is 0.103. The number of rotatable bonds is 1. The van der Waals surface area contributed by atoms with E-state index in [2.05, 4.69) is 4.98 Å². The lowest BCUT2D eigenvalue weighted by molar-refractivity contribution is 1.18. The maximum atomic E-state index is 11.5. The molecule has 0 atom stereocenters. The second kappa shape index (κ2) is 4.32. The summed E-state index contributed by atoms with van der Waals surface area (Å²) in [6.45, 7) is 1.77. The second-order valence-electron chi connectivity index (χ2n) is 3.50. The lowest BCUT2D eigenvalue weighted by Gasteiger charge is -2.06. The zero-order valence-electron chi connectivity index (χ0n) is 8.55. The number of aromatic nitrogens is 1. The Hall–Kier alpha value is -1.25. The third-order valence-corrected chi connectivity index (χ3v) is 2.82. The number of aromatic amines is 1. The lowest BCUT2D eigenvalue weighted by Crippen LogP contribution is -2.09. The Morgan fingerprint density at radius 2 is 1.75 bits per heavy atom. The molecule has 0 aliphatic rings. The van der Waals surface area contributed by atoms with Crippen molar-refractivity contribution in [3.63, 3.8) is 0 Å². The molecule has 0 radical (unpaired) electrons. The number of hydrogen-bond donors (Lipinski definition) is 1. The third kappa shape index (κ3) is 2.13. The summed E-state index contributed by atoms with van der Waals surface area (Å²) in [6.07, 6.45) is 1.61. The van der Waals surface area contributed by atoms with Gasteiger partial charge in [-0.05, 0) is 42.3 Å². The Labute approximate surface area is 103 Å². The molecule has 82 valence electrons. The molecule has 4 heteroatoms. The first-order valence-corrected chi connectivity index (χ1v) is 5.48. The molecule has 0 unspecified atom stereocenters. The number of benzene rings is 1. The Balaban J connectivity index is 2.67. The van der Waals surface area contributed by atoms with Crippen LogP contribution >= 0.6 is 23.2 Å². The average molecular weight is 254 g/mol. The first-order valence-electron chi connectivity index (χ1n) is 4.72. The second-order valence-corrected chi connectivity index (χ2v) is 4.38. The summed E-state index contributed by atoms with van der Waals surface area (Å²) in [7, 11) is 0. The van der Waals surface area contributed by atoms with E-state index in [4.69, 9.17) is 23.2 Å². The van der Waals surface area contributed by atoms with Gasteiger partial charge in [0.1, 0.15) is 0 Å².